The molecule has 0 unspecified atom stereocenters. The Balaban J connectivity index is 2.47. The standard InChI is InChI=1S/C18H21NO4S/c1-18(2,3)15(20)10-16-19-17(21)14(24-16)9-11-6-7-12(22-4)13(8-11)23-5/h6-10H,1-5H3,(H,19,21)/b14-9-,16-10-. The molecule has 0 fully saturated rings. The number of carbonyl (C=O) groups excluding carboxylic acids is 1. The maximum absolute atomic E-state index is 12.1. The maximum atomic E-state index is 12.1. The predicted octanol–water partition coefficient (Wildman–Crippen LogP) is 1.68. The fraction of sp³-hybridized carbons (Fsp3) is 0.333. The van der Waals surface area contributed by atoms with E-state index in [0.717, 1.165) is 5.56 Å². The summed E-state index contributed by atoms with van der Waals surface area (Å²) in [6.07, 6.45) is 3.24. The number of Topliss-reactive ketones (excluding diaryl/α,β-unsaturated/α-hetero) is 1. The van der Waals surface area contributed by atoms with Gasteiger partial charge in [0.1, 0.15) is 0 Å². The van der Waals surface area contributed by atoms with Crippen molar-refractivity contribution in [1.29, 1.82) is 0 Å². The highest BCUT2D eigenvalue weighted by atomic mass is 32.1. The normalized spacial score (nSPS) is 13.2. The Morgan fingerprint density at radius 2 is 1.83 bits per heavy atom. The fourth-order valence-corrected chi connectivity index (χ4v) is 2.84. The molecule has 0 spiro atoms. The van der Waals surface area contributed by atoms with E-state index in [9.17, 15) is 9.59 Å². The van der Waals surface area contributed by atoms with Crippen LogP contribution in [0.3, 0.4) is 0 Å². The first-order valence-corrected chi connectivity index (χ1v) is 8.25. The lowest BCUT2D eigenvalue weighted by Crippen LogP contribution is -2.22. The Morgan fingerprint density at radius 3 is 2.42 bits per heavy atom. The van der Waals surface area contributed by atoms with E-state index in [1.54, 1.807) is 32.4 Å². The summed E-state index contributed by atoms with van der Waals surface area (Å²) in [5, 5.41) is 0. The number of aromatic amines is 1. The zero-order valence-corrected chi connectivity index (χ0v) is 15.2. The Morgan fingerprint density at radius 1 is 1.17 bits per heavy atom. The molecule has 1 N–H and O–H groups in total. The van der Waals surface area contributed by atoms with Crippen molar-refractivity contribution in [2.45, 2.75) is 20.8 Å². The van der Waals surface area contributed by atoms with Crippen molar-refractivity contribution in [2.75, 3.05) is 14.2 Å². The van der Waals surface area contributed by atoms with Gasteiger partial charge in [0.05, 0.1) is 23.4 Å². The molecule has 2 rings (SSSR count). The SMILES string of the molecule is COc1ccc(/C=c2\s/c(=C\C(=O)C(C)(C)C)[nH]c2=O)cc1OC. The second-order valence-corrected chi connectivity index (χ2v) is 7.39. The molecule has 5 nitrogen and oxygen atoms in total. The van der Waals surface area contributed by atoms with Crippen molar-refractivity contribution >= 4 is 29.3 Å². The Kier molecular flexibility index (Phi) is 5.29. The summed E-state index contributed by atoms with van der Waals surface area (Å²) in [4.78, 5) is 26.9. The number of nitrogens with one attached hydrogen (secondary N) is 1. The second-order valence-electron chi connectivity index (χ2n) is 6.30. The number of ketones is 1. The van der Waals surface area contributed by atoms with Crippen LogP contribution in [0, 0.1) is 5.41 Å². The molecule has 1 aromatic heterocycles. The largest absolute Gasteiger partial charge is 0.493 e. The van der Waals surface area contributed by atoms with Crippen molar-refractivity contribution in [1.82, 2.24) is 4.98 Å². The Labute approximate surface area is 144 Å². The summed E-state index contributed by atoms with van der Waals surface area (Å²) >= 11 is 1.25. The quantitative estimate of drug-likeness (QED) is 0.914. The van der Waals surface area contributed by atoms with E-state index in [0.29, 0.717) is 20.7 Å². The number of thiazole rings is 1. The maximum Gasteiger partial charge on any atom is 0.266 e. The van der Waals surface area contributed by atoms with Gasteiger partial charge in [0.25, 0.3) is 5.56 Å². The van der Waals surface area contributed by atoms with Crippen LogP contribution in [0.15, 0.2) is 23.0 Å². The van der Waals surface area contributed by atoms with E-state index in [2.05, 4.69) is 4.98 Å². The minimum absolute atomic E-state index is 0.0299. The number of methoxy groups -OCH3 is 2. The third kappa shape index (κ3) is 4.14. The van der Waals surface area contributed by atoms with Crippen LogP contribution < -0.4 is 24.2 Å². The third-order valence-corrected chi connectivity index (χ3v) is 4.35. The van der Waals surface area contributed by atoms with Gasteiger partial charge in [-0.05, 0) is 23.8 Å². The summed E-state index contributed by atoms with van der Waals surface area (Å²) < 4.78 is 11.5. The molecule has 1 aromatic carbocycles. The van der Waals surface area contributed by atoms with Gasteiger partial charge in [0.2, 0.25) is 0 Å². The van der Waals surface area contributed by atoms with E-state index in [1.165, 1.54) is 17.4 Å². The molecule has 0 saturated heterocycles. The number of aromatic nitrogens is 1. The molecular formula is C18H21NO4S. The molecular weight excluding hydrogens is 326 g/mol. The van der Waals surface area contributed by atoms with Crippen LogP contribution >= 0.6 is 11.3 Å². The zero-order valence-electron chi connectivity index (χ0n) is 14.4. The molecule has 0 aliphatic carbocycles. The molecule has 0 aliphatic rings. The van der Waals surface area contributed by atoms with Gasteiger partial charge in [-0.2, -0.15) is 0 Å². The number of benzene rings is 1. The van der Waals surface area contributed by atoms with Gasteiger partial charge in [-0.15, -0.1) is 11.3 Å². The highest BCUT2D eigenvalue weighted by Gasteiger charge is 2.18. The smallest absolute Gasteiger partial charge is 0.266 e. The molecule has 1 heterocycles. The van der Waals surface area contributed by atoms with Crippen LogP contribution in [0.2, 0.25) is 0 Å². The van der Waals surface area contributed by atoms with Gasteiger partial charge < -0.3 is 14.5 Å². The summed E-state index contributed by atoms with van der Waals surface area (Å²) in [7, 11) is 3.13. The van der Waals surface area contributed by atoms with Gasteiger partial charge >= 0.3 is 0 Å². The van der Waals surface area contributed by atoms with E-state index in [4.69, 9.17) is 9.47 Å². The monoisotopic (exact) mass is 347 g/mol. The van der Waals surface area contributed by atoms with E-state index in [-0.39, 0.29) is 11.3 Å². The van der Waals surface area contributed by atoms with E-state index >= 15 is 0 Å². The van der Waals surface area contributed by atoms with E-state index in [1.807, 2.05) is 26.8 Å². The minimum Gasteiger partial charge on any atom is -0.493 e. The topological polar surface area (TPSA) is 68.4 Å². The third-order valence-electron chi connectivity index (χ3n) is 3.39. The summed E-state index contributed by atoms with van der Waals surface area (Å²) in [5.41, 5.74) is 0.116. The molecule has 0 radical (unpaired) electrons. The lowest BCUT2D eigenvalue weighted by atomic mass is 9.91. The number of hydrogen-bond acceptors (Lipinski definition) is 5. The number of H-pyrrole nitrogens is 1. The molecule has 128 valence electrons. The Hall–Kier alpha value is -2.34. The van der Waals surface area contributed by atoms with Gasteiger partial charge in [0.15, 0.2) is 17.3 Å². The molecule has 0 bridgehead atoms. The molecule has 6 heteroatoms. The molecule has 2 aromatic rings. The minimum atomic E-state index is -0.478. The first-order chi connectivity index (χ1) is 11.2. The summed E-state index contributed by atoms with van der Waals surface area (Å²) in [6, 6.07) is 5.41. The Bertz CT molecular complexity index is 916. The molecule has 24 heavy (non-hydrogen) atoms. The number of ether oxygens (including phenoxy) is 2. The molecule has 0 aliphatic heterocycles. The second kappa shape index (κ2) is 7.05. The van der Waals surface area contributed by atoms with E-state index < -0.39 is 5.41 Å². The van der Waals surface area contributed by atoms with Crippen molar-refractivity contribution in [3.05, 3.63) is 43.3 Å². The van der Waals surface area contributed by atoms with Crippen molar-refractivity contribution in [3.8, 4) is 11.5 Å². The average molecular weight is 347 g/mol. The lowest BCUT2D eigenvalue weighted by Gasteiger charge is -2.12. The molecule has 0 atom stereocenters. The van der Waals surface area contributed by atoms with Gasteiger partial charge in [-0.1, -0.05) is 26.8 Å². The summed E-state index contributed by atoms with van der Waals surface area (Å²) in [5.74, 6) is 1.19. The first kappa shape index (κ1) is 18.0. The van der Waals surface area contributed by atoms with Crippen molar-refractivity contribution in [3.63, 3.8) is 0 Å². The van der Waals surface area contributed by atoms with Crippen LogP contribution in [0.25, 0.3) is 12.2 Å². The predicted molar refractivity (Wildman–Crippen MR) is 96.2 cm³/mol. The average Bonchev–Trinajstić information content (AvgIpc) is 2.85. The van der Waals surface area contributed by atoms with Crippen LogP contribution in [0.1, 0.15) is 26.3 Å². The fourth-order valence-electron chi connectivity index (χ4n) is 1.95. The molecule has 0 amide bonds. The highest BCUT2D eigenvalue weighted by Crippen LogP contribution is 2.27. The van der Waals surface area contributed by atoms with Crippen LogP contribution in [0.5, 0.6) is 11.5 Å². The lowest BCUT2D eigenvalue weighted by molar-refractivity contribution is -0.119. The highest BCUT2D eigenvalue weighted by molar-refractivity contribution is 7.07. The van der Waals surface area contributed by atoms with Gasteiger partial charge in [-0.3, -0.25) is 9.59 Å². The van der Waals surface area contributed by atoms with Crippen molar-refractivity contribution in [2.24, 2.45) is 5.41 Å². The zero-order chi connectivity index (χ0) is 17.9. The number of hydrogen-bond donors (Lipinski definition) is 1. The van der Waals surface area contributed by atoms with Crippen LogP contribution in [-0.2, 0) is 4.79 Å². The van der Waals surface area contributed by atoms with Gasteiger partial charge in [0, 0.05) is 11.5 Å². The van der Waals surface area contributed by atoms with Crippen LogP contribution in [0.4, 0.5) is 0 Å². The molecule has 0 saturated carbocycles. The number of carbonyl (C=O) groups is 1. The van der Waals surface area contributed by atoms with Gasteiger partial charge in [-0.25, -0.2) is 0 Å². The van der Waals surface area contributed by atoms with Crippen LogP contribution in [-0.4, -0.2) is 25.0 Å². The van der Waals surface area contributed by atoms with Crippen molar-refractivity contribution < 1.29 is 14.3 Å². The first-order valence-electron chi connectivity index (χ1n) is 7.43. The number of rotatable bonds is 4. The summed E-state index contributed by atoms with van der Waals surface area (Å²) in [6.45, 7) is 5.52.